The van der Waals surface area contributed by atoms with E-state index in [2.05, 4.69) is 20.9 Å². The molecule has 1 aromatic carbocycles. The van der Waals surface area contributed by atoms with Crippen molar-refractivity contribution in [3.63, 3.8) is 0 Å². The normalized spacial score (nSPS) is 15.0. The minimum Gasteiger partial charge on any atom is -0.497 e. The first-order chi connectivity index (χ1) is 16.0. The molecule has 2 amide bonds. The zero-order valence-corrected chi connectivity index (χ0v) is 20.3. The molecule has 3 rings (SSSR count). The van der Waals surface area contributed by atoms with Crippen molar-refractivity contribution in [3.05, 3.63) is 34.8 Å². The Balaban J connectivity index is 1.53. The van der Waals surface area contributed by atoms with Gasteiger partial charge in [0.15, 0.2) is 5.13 Å². The minimum atomic E-state index is -0.580. The average molecular weight is 474 g/mol. The number of nitrogen functional groups attached to an aromatic ring is 1. The van der Waals surface area contributed by atoms with E-state index in [0.29, 0.717) is 41.1 Å². The molecule has 33 heavy (non-hydrogen) atoms. The summed E-state index contributed by atoms with van der Waals surface area (Å²) in [7, 11) is 1.63. The van der Waals surface area contributed by atoms with Crippen molar-refractivity contribution in [3.8, 4) is 5.75 Å². The fourth-order valence-electron chi connectivity index (χ4n) is 4.22. The fourth-order valence-corrected chi connectivity index (χ4v) is 4.96. The van der Waals surface area contributed by atoms with Gasteiger partial charge in [-0.1, -0.05) is 43.4 Å². The van der Waals surface area contributed by atoms with E-state index in [-0.39, 0.29) is 11.8 Å². The first-order valence-corrected chi connectivity index (χ1v) is 12.5. The van der Waals surface area contributed by atoms with Gasteiger partial charge in [0.2, 0.25) is 5.91 Å². The Morgan fingerprint density at radius 1 is 1.18 bits per heavy atom. The number of anilines is 2. The van der Waals surface area contributed by atoms with Crippen LogP contribution in [0.15, 0.2) is 24.3 Å². The minimum absolute atomic E-state index is 0.161. The number of thiazole rings is 1. The number of nitrogens with zero attached hydrogens (tertiary/aromatic N) is 1. The second-order valence-corrected chi connectivity index (χ2v) is 9.55. The summed E-state index contributed by atoms with van der Waals surface area (Å²) < 4.78 is 5.16. The Morgan fingerprint density at radius 2 is 1.91 bits per heavy atom. The molecule has 2 aromatic rings. The second-order valence-electron chi connectivity index (χ2n) is 8.52. The number of carbonyl (C=O) groups excluding carboxylic acids is 2. The van der Waals surface area contributed by atoms with Crippen LogP contribution in [0.25, 0.3) is 0 Å². The number of carbonyl (C=O) groups is 2. The van der Waals surface area contributed by atoms with Crippen molar-refractivity contribution in [1.82, 2.24) is 15.6 Å². The summed E-state index contributed by atoms with van der Waals surface area (Å²) in [5.41, 5.74) is 7.28. The van der Waals surface area contributed by atoms with Gasteiger partial charge in [-0.3, -0.25) is 9.59 Å². The lowest BCUT2D eigenvalue weighted by Gasteiger charge is -2.24. The Bertz CT molecular complexity index is 909. The van der Waals surface area contributed by atoms with Gasteiger partial charge in [-0.25, -0.2) is 4.98 Å². The van der Waals surface area contributed by atoms with E-state index in [4.69, 9.17) is 10.5 Å². The molecule has 1 saturated carbocycles. The predicted molar refractivity (Wildman–Crippen MR) is 133 cm³/mol. The van der Waals surface area contributed by atoms with Crippen molar-refractivity contribution < 1.29 is 14.3 Å². The van der Waals surface area contributed by atoms with Gasteiger partial charge < -0.3 is 26.4 Å². The SMILES string of the molecule is COc1ccc(NCCNC(=O)[C@H](CCC2CCCCC2)NC(=O)c2sc(N)nc2C)cc1. The van der Waals surface area contributed by atoms with E-state index in [0.717, 1.165) is 29.2 Å². The van der Waals surface area contributed by atoms with Crippen molar-refractivity contribution in [1.29, 1.82) is 0 Å². The maximum Gasteiger partial charge on any atom is 0.264 e. The highest BCUT2D eigenvalue weighted by molar-refractivity contribution is 7.17. The van der Waals surface area contributed by atoms with Crippen LogP contribution < -0.4 is 26.4 Å². The molecule has 1 fully saturated rings. The van der Waals surface area contributed by atoms with Gasteiger partial charge >= 0.3 is 0 Å². The van der Waals surface area contributed by atoms with Crippen LogP contribution in [0, 0.1) is 12.8 Å². The first-order valence-electron chi connectivity index (χ1n) is 11.7. The zero-order valence-electron chi connectivity index (χ0n) is 19.5. The lowest BCUT2D eigenvalue weighted by Crippen LogP contribution is -2.47. The van der Waals surface area contributed by atoms with Crippen molar-refractivity contribution >= 4 is 34.0 Å². The van der Waals surface area contributed by atoms with Crippen LogP contribution in [0.4, 0.5) is 10.8 Å². The maximum atomic E-state index is 13.0. The third-order valence-corrected chi connectivity index (χ3v) is 7.06. The highest BCUT2D eigenvalue weighted by Crippen LogP contribution is 2.28. The molecule has 1 aromatic heterocycles. The van der Waals surface area contributed by atoms with E-state index in [1.54, 1.807) is 14.0 Å². The molecular weight excluding hydrogens is 438 g/mol. The third-order valence-electron chi connectivity index (χ3n) is 6.07. The van der Waals surface area contributed by atoms with Gasteiger partial charge in [0.1, 0.15) is 16.7 Å². The zero-order chi connectivity index (χ0) is 23.6. The molecule has 0 spiro atoms. The molecule has 180 valence electrons. The van der Waals surface area contributed by atoms with Gasteiger partial charge in [0.05, 0.1) is 12.8 Å². The monoisotopic (exact) mass is 473 g/mol. The molecule has 1 atom stereocenters. The molecule has 0 unspecified atom stereocenters. The summed E-state index contributed by atoms with van der Waals surface area (Å²) in [6, 6.07) is 7.04. The molecule has 1 heterocycles. The molecule has 1 aliphatic carbocycles. The number of ether oxygens (including phenoxy) is 1. The van der Waals surface area contributed by atoms with Crippen LogP contribution in [0.1, 0.15) is 60.3 Å². The van der Waals surface area contributed by atoms with Crippen LogP contribution in [-0.2, 0) is 4.79 Å². The van der Waals surface area contributed by atoms with Gasteiger partial charge in [-0.2, -0.15) is 0 Å². The smallest absolute Gasteiger partial charge is 0.264 e. The molecule has 0 saturated heterocycles. The Labute approximate surface area is 199 Å². The average Bonchev–Trinajstić information content (AvgIpc) is 3.18. The number of nitrogens with two attached hydrogens (primary N) is 1. The summed E-state index contributed by atoms with van der Waals surface area (Å²) in [6.07, 6.45) is 7.78. The number of methoxy groups -OCH3 is 1. The molecule has 1 aliphatic rings. The summed E-state index contributed by atoms with van der Waals surface area (Å²) in [4.78, 5) is 30.4. The summed E-state index contributed by atoms with van der Waals surface area (Å²) >= 11 is 1.15. The Morgan fingerprint density at radius 3 is 2.55 bits per heavy atom. The van der Waals surface area contributed by atoms with Gasteiger partial charge in [-0.05, 0) is 49.9 Å². The van der Waals surface area contributed by atoms with Crippen LogP contribution >= 0.6 is 11.3 Å². The Kier molecular flexibility index (Phi) is 9.35. The third kappa shape index (κ3) is 7.63. The molecule has 0 aliphatic heterocycles. The van der Waals surface area contributed by atoms with Crippen LogP contribution in [0.3, 0.4) is 0 Å². The standard InChI is InChI=1S/C24H35N5O3S/c1-16-21(33-24(25)28-16)23(31)29-20(13-8-17-6-4-3-5-7-17)22(30)27-15-14-26-18-9-11-19(32-2)12-10-18/h9-12,17,20,26H,3-8,13-15H2,1-2H3,(H2,25,28)(H,27,30)(H,29,31)/t20-/m0/s1. The topological polar surface area (TPSA) is 118 Å². The number of nitrogens with one attached hydrogen (secondary N) is 3. The largest absolute Gasteiger partial charge is 0.497 e. The summed E-state index contributed by atoms with van der Waals surface area (Å²) in [6.45, 7) is 2.78. The van der Waals surface area contributed by atoms with E-state index < -0.39 is 6.04 Å². The van der Waals surface area contributed by atoms with Crippen LogP contribution in [-0.4, -0.2) is 43.0 Å². The molecule has 8 nitrogen and oxygen atoms in total. The molecule has 9 heteroatoms. The number of benzene rings is 1. The van der Waals surface area contributed by atoms with E-state index in [9.17, 15) is 9.59 Å². The molecule has 0 bridgehead atoms. The maximum absolute atomic E-state index is 13.0. The van der Waals surface area contributed by atoms with Gasteiger partial charge in [-0.15, -0.1) is 0 Å². The number of rotatable bonds is 11. The van der Waals surface area contributed by atoms with Gasteiger partial charge in [0, 0.05) is 18.8 Å². The van der Waals surface area contributed by atoms with Gasteiger partial charge in [0.25, 0.3) is 5.91 Å². The number of hydrogen-bond donors (Lipinski definition) is 4. The van der Waals surface area contributed by atoms with Crippen LogP contribution in [0.2, 0.25) is 0 Å². The van der Waals surface area contributed by atoms with E-state index in [1.165, 1.54) is 32.1 Å². The summed E-state index contributed by atoms with van der Waals surface area (Å²) in [5.74, 6) is 0.972. The lowest BCUT2D eigenvalue weighted by atomic mass is 9.85. The highest BCUT2D eigenvalue weighted by atomic mass is 32.1. The Hall–Kier alpha value is -2.81. The summed E-state index contributed by atoms with van der Waals surface area (Å²) in [5, 5.41) is 9.51. The predicted octanol–water partition coefficient (Wildman–Crippen LogP) is 3.73. The van der Waals surface area contributed by atoms with Crippen molar-refractivity contribution in [2.24, 2.45) is 5.92 Å². The molecule has 0 radical (unpaired) electrons. The molecular formula is C24H35N5O3S. The van der Waals surface area contributed by atoms with E-state index in [1.807, 2.05) is 24.3 Å². The van der Waals surface area contributed by atoms with Crippen molar-refractivity contribution in [2.75, 3.05) is 31.2 Å². The number of aryl methyl sites for hydroxylation is 1. The van der Waals surface area contributed by atoms with Crippen LogP contribution in [0.5, 0.6) is 5.75 Å². The lowest BCUT2D eigenvalue weighted by molar-refractivity contribution is -0.123. The highest BCUT2D eigenvalue weighted by Gasteiger charge is 2.25. The quantitative estimate of drug-likeness (QED) is 0.369. The number of amides is 2. The number of aromatic nitrogens is 1. The molecule has 5 N–H and O–H groups in total. The first kappa shape index (κ1) is 24.8. The fraction of sp³-hybridized carbons (Fsp3) is 0.542. The van der Waals surface area contributed by atoms with E-state index >= 15 is 0 Å². The van der Waals surface area contributed by atoms with Crippen molar-refractivity contribution in [2.45, 2.75) is 57.9 Å². The second kappa shape index (κ2) is 12.4. The number of hydrogen-bond acceptors (Lipinski definition) is 7.